The van der Waals surface area contributed by atoms with Gasteiger partial charge in [0.2, 0.25) is 0 Å². The van der Waals surface area contributed by atoms with Gasteiger partial charge in [0, 0.05) is 19.0 Å². The van der Waals surface area contributed by atoms with Gasteiger partial charge in [-0.15, -0.1) is 0 Å². The number of imidazole rings is 1. The third-order valence-corrected chi connectivity index (χ3v) is 6.05. The van der Waals surface area contributed by atoms with E-state index in [0.717, 1.165) is 40.2 Å². The van der Waals surface area contributed by atoms with Gasteiger partial charge >= 0.3 is 5.97 Å². The number of aromatic nitrogens is 3. The molecular weight excluding hydrogens is 394 g/mol. The Hall–Kier alpha value is -3.48. The van der Waals surface area contributed by atoms with E-state index in [1.165, 1.54) is 20.0 Å². The molecule has 0 aliphatic heterocycles. The second-order valence-electron chi connectivity index (χ2n) is 8.01. The van der Waals surface area contributed by atoms with Crippen LogP contribution >= 0.6 is 0 Å². The lowest BCUT2D eigenvalue weighted by molar-refractivity contribution is 0.0600. The first-order valence-corrected chi connectivity index (χ1v) is 10.3. The lowest BCUT2D eigenvalue weighted by Gasteiger charge is -2.12. The quantitative estimate of drug-likeness (QED) is 0.433. The summed E-state index contributed by atoms with van der Waals surface area (Å²) in [7, 11) is 6.64. The number of ether oxygens (including phenoxy) is 3. The number of benzene rings is 2. The zero-order chi connectivity index (χ0) is 21.7. The Balaban J connectivity index is 1.77. The summed E-state index contributed by atoms with van der Waals surface area (Å²) in [6, 6.07) is 11.7. The third kappa shape index (κ3) is 3.12. The number of methoxy groups -OCH3 is 3. The van der Waals surface area contributed by atoms with Crippen molar-refractivity contribution >= 4 is 27.9 Å². The number of hydrogen-bond donors (Lipinski definition) is 0. The number of para-hydroxylation sites is 1. The molecule has 7 heteroatoms. The number of carbonyl (C=O) groups is 1. The predicted molar refractivity (Wildman–Crippen MR) is 119 cm³/mol. The van der Waals surface area contributed by atoms with E-state index in [9.17, 15) is 4.79 Å². The van der Waals surface area contributed by atoms with E-state index in [2.05, 4.69) is 16.7 Å². The van der Waals surface area contributed by atoms with Gasteiger partial charge in [-0.05, 0) is 43.0 Å². The molecule has 31 heavy (non-hydrogen) atoms. The summed E-state index contributed by atoms with van der Waals surface area (Å²) in [6.45, 7) is 0.924. The third-order valence-electron chi connectivity index (χ3n) is 6.05. The van der Waals surface area contributed by atoms with Gasteiger partial charge < -0.3 is 23.3 Å². The Morgan fingerprint density at radius 2 is 1.84 bits per heavy atom. The van der Waals surface area contributed by atoms with E-state index in [1.54, 1.807) is 26.4 Å². The van der Waals surface area contributed by atoms with Crippen molar-refractivity contribution in [2.75, 3.05) is 21.3 Å². The van der Waals surface area contributed by atoms with Gasteiger partial charge in [-0.2, -0.15) is 0 Å². The van der Waals surface area contributed by atoms with Gasteiger partial charge in [-0.1, -0.05) is 12.1 Å². The number of carbonyl (C=O) groups excluding carboxylic acids is 1. The Morgan fingerprint density at radius 1 is 1.06 bits per heavy atom. The maximum atomic E-state index is 12.1. The van der Waals surface area contributed by atoms with Crippen molar-refractivity contribution < 1.29 is 19.0 Å². The van der Waals surface area contributed by atoms with Crippen molar-refractivity contribution in [1.82, 2.24) is 14.1 Å². The normalized spacial score (nSPS) is 13.7. The van der Waals surface area contributed by atoms with Crippen LogP contribution in [0.25, 0.3) is 33.5 Å². The van der Waals surface area contributed by atoms with E-state index in [4.69, 9.17) is 19.2 Å². The molecule has 2 aromatic heterocycles. The van der Waals surface area contributed by atoms with Crippen molar-refractivity contribution in [3.8, 4) is 23.0 Å². The van der Waals surface area contributed by atoms with Crippen molar-refractivity contribution in [2.45, 2.75) is 19.4 Å². The first-order chi connectivity index (χ1) is 15.0. The number of hydrogen-bond acceptors (Lipinski definition) is 5. The minimum absolute atomic E-state index is 0.414. The molecule has 2 heterocycles. The molecule has 1 aliphatic carbocycles. The van der Waals surface area contributed by atoms with Gasteiger partial charge in [0.15, 0.2) is 5.82 Å². The lowest BCUT2D eigenvalue weighted by Crippen LogP contribution is -2.05. The van der Waals surface area contributed by atoms with Crippen molar-refractivity contribution in [3.63, 3.8) is 0 Å². The van der Waals surface area contributed by atoms with Gasteiger partial charge in [0.25, 0.3) is 0 Å². The van der Waals surface area contributed by atoms with Crippen LogP contribution in [0.1, 0.15) is 23.2 Å². The maximum Gasteiger partial charge on any atom is 0.338 e. The highest BCUT2D eigenvalue weighted by atomic mass is 16.5. The summed E-state index contributed by atoms with van der Waals surface area (Å²) in [6.07, 6.45) is 2.49. The highest BCUT2D eigenvalue weighted by Gasteiger charge is 2.27. The minimum Gasteiger partial charge on any atom is -0.495 e. The average Bonchev–Trinajstić information content (AvgIpc) is 3.46. The molecule has 0 amide bonds. The summed E-state index contributed by atoms with van der Waals surface area (Å²) in [5.41, 5.74) is 4.04. The summed E-state index contributed by atoms with van der Waals surface area (Å²) >= 11 is 0. The average molecular weight is 419 g/mol. The molecule has 0 bridgehead atoms. The molecule has 7 nitrogen and oxygen atoms in total. The van der Waals surface area contributed by atoms with E-state index >= 15 is 0 Å². The van der Waals surface area contributed by atoms with Crippen LogP contribution in [0.5, 0.6) is 11.5 Å². The van der Waals surface area contributed by atoms with Gasteiger partial charge in [-0.25, -0.2) is 9.78 Å². The van der Waals surface area contributed by atoms with Crippen molar-refractivity contribution in [2.24, 2.45) is 13.0 Å². The zero-order valence-corrected chi connectivity index (χ0v) is 18.1. The first-order valence-electron chi connectivity index (χ1n) is 10.3. The van der Waals surface area contributed by atoms with Crippen molar-refractivity contribution in [3.05, 3.63) is 42.0 Å². The van der Waals surface area contributed by atoms with Crippen LogP contribution in [-0.2, 0) is 18.3 Å². The summed E-state index contributed by atoms with van der Waals surface area (Å²) in [5.74, 6) is 2.51. The topological polar surface area (TPSA) is 67.5 Å². The molecule has 0 radical (unpaired) electrons. The SMILES string of the molecule is COC(=O)c1cc(OC)c2c(c1)nc(-c1cc3cccc(OC)c3n1CC1CC1)n2C. The fraction of sp³-hybridized carbons (Fsp3) is 0.333. The molecule has 0 spiro atoms. The monoisotopic (exact) mass is 419 g/mol. The molecule has 2 aromatic carbocycles. The van der Waals surface area contributed by atoms with Gasteiger partial charge in [0.05, 0.1) is 43.6 Å². The highest BCUT2D eigenvalue weighted by Crippen LogP contribution is 2.40. The maximum absolute atomic E-state index is 12.1. The lowest BCUT2D eigenvalue weighted by atomic mass is 10.2. The largest absolute Gasteiger partial charge is 0.495 e. The molecule has 5 rings (SSSR count). The smallest absolute Gasteiger partial charge is 0.338 e. The fourth-order valence-electron chi connectivity index (χ4n) is 4.32. The van der Waals surface area contributed by atoms with Crippen LogP contribution in [0.4, 0.5) is 0 Å². The zero-order valence-electron chi connectivity index (χ0n) is 18.1. The number of nitrogens with zero attached hydrogens (tertiary/aromatic N) is 3. The van der Waals surface area contributed by atoms with Crippen LogP contribution in [0.15, 0.2) is 36.4 Å². The van der Waals surface area contributed by atoms with Gasteiger partial charge in [0.1, 0.15) is 17.0 Å². The molecule has 0 unspecified atom stereocenters. The molecule has 0 N–H and O–H groups in total. The first kappa shape index (κ1) is 19.5. The van der Waals surface area contributed by atoms with Crippen LogP contribution in [-0.4, -0.2) is 41.4 Å². The Kier molecular flexibility index (Phi) is 4.61. The molecule has 4 aromatic rings. The molecular formula is C24H25N3O4. The molecule has 1 fully saturated rings. The standard InChI is InChI=1S/C24H25N3O4/c1-26-22-17(10-16(24(28)31-4)12-20(22)30-3)25-23(26)18-11-15-6-5-7-19(29-2)21(15)27(18)13-14-8-9-14/h5-7,10-12,14H,8-9,13H2,1-4H3. The van der Waals surface area contributed by atoms with E-state index in [-0.39, 0.29) is 0 Å². The number of rotatable bonds is 6. The molecule has 0 atom stereocenters. The number of aryl methyl sites for hydroxylation is 1. The molecule has 160 valence electrons. The van der Waals surface area contributed by atoms with Crippen LogP contribution in [0.3, 0.4) is 0 Å². The van der Waals surface area contributed by atoms with Gasteiger partial charge in [-0.3, -0.25) is 0 Å². The number of esters is 1. The molecule has 0 saturated heterocycles. The van der Waals surface area contributed by atoms with Crippen LogP contribution in [0.2, 0.25) is 0 Å². The Morgan fingerprint density at radius 3 is 2.52 bits per heavy atom. The number of fused-ring (bicyclic) bond motifs is 2. The summed E-state index contributed by atoms with van der Waals surface area (Å²) in [5, 5.41) is 1.12. The molecule has 1 aliphatic rings. The van der Waals surface area contributed by atoms with E-state index in [1.807, 2.05) is 23.7 Å². The summed E-state index contributed by atoms with van der Waals surface area (Å²) in [4.78, 5) is 17.0. The second kappa shape index (κ2) is 7.34. The fourth-order valence-corrected chi connectivity index (χ4v) is 4.32. The van der Waals surface area contributed by atoms with E-state index in [0.29, 0.717) is 22.7 Å². The van der Waals surface area contributed by atoms with Crippen molar-refractivity contribution in [1.29, 1.82) is 0 Å². The van der Waals surface area contributed by atoms with E-state index < -0.39 is 5.97 Å². The predicted octanol–water partition coefficient (Wildman–Crippen LogP) is 4.41. The Labute approximate surface area is 180 Å². The second-order valence-corrected chi connectivity index (χ2v) is 8.01. The molecule has 1 saturated carbocycles. The highest BCUT2D eigenvalue weighted by molar-refractivity contribution is 5.98. The minimum atomic E-state index is -0.417. The van der Waals surface area contributed by atoms with Crippen LogP contribution < -0.4 is 9.47 Å². The Bertz CT molecular complexity index is 1310. The van der Waals surface area contributed by atoms with Crippen LogP contribution in [0, 0.1) is 5.92 Å². The summed E-state index contributed by atoms with van der Waals surface area (Å²) < 4.78 is 20.5.